The lowest BCUT2D eigenvalue weighted by Gasteiger charge is -2.32. The molecule has 0 bridgehead atoms. The quantitative estimate of drug-likeness (QED) is 0.459. The van der Waals surface area contributed by atoms with Crippen LogP contribution in [0.5, 0.6) is 0 Å². The number of amides is 2. The third kappa shape index (κ3) is 7.10. The first-order valence-corrected chi connectivity index (χ1v) is 13.8. The third-order valence-electron chi connectivity index (χ3n) is 7.62. The minimum atomic E-state index is -0.531. The molecule has 5 rings (SSSR count). The van der Waals surface area contributed by atoms with Crippen molar-refractivity contribution >= 4 is 22.8 Å². The molecule has 2 fully saturated rings. The number of halogens is 1. The summed E-state index contributed by atoms with van der Waals surface area (Å²) in [6.45, 7) is 6.18. The fourth-order valence-corrected chi connectivity index (χ4v) is 5.37. The standard InChI is InChI=1S/C30H35FN4O4/c31-23-8-9-25-26(36)19-28(39-27(25)18-23)30(38)33-24-10-15-35(16-11-24)20-21-4-6-22(7-5-21)29(37)32-12-17-34-13-2-1-3-14-34/h4-9,18-19,24H,1-3,10-17,20H2,(H,32,37)(H,33,38). The fraction of sp³-hybridized carbons (Fsp3) is 0.433. The molecule has 2 saturated heterocycles. The molecule has 1 aromatic heterocycles. The molecule has 0 radical (unpaired) electrons. The van der Waals surface area contributed by atoms with Crippen molar-refractivity contribution in [3.05, 3.63) is 81.5 Å². The van der Waals surface area contributed by atoms with Crippen LogP contribution >= 0.6 is 0 Å². The molecule has 0 saturated carbocycles. The number of benzene rings is 2. The van der Waals surface area contributed by atoms with Crippen molar-refractivity contribution in [2.45, 2.75) is 44.7 Å². The predicted octanol–water partition coefficient (Wildman–Crippen LogP) is 3.54. The van der Waals surface area contributed by atoms with E-state index in [4.69, 9.17) is 4.42 Å². The third-order valence-corrected chi connectivity index (χ3v) is 7.62. The molecule has 3 aromatic rings. The lowest BCUT2D eigenvalue weighted by Crippen LogP contribution is -2.44. The van der Waals surface area contributed by atoms with E-state index in [1.165, 1.54) is 31.4 Å². The molecule has 0 aliphatic carbocycles. The van der Waals surface area contributed by atoms with Crippen LogP contribution in [-0.4, -0.2) is 66.9 Å². The lowest BCUT2D eigenvalue weighted by molar-refractivity contribution is 0.0880. The maximum absolute atomic E-state index is 13.5. The summed E-state index contributed by atoms with van der Waals surface area (Å²) in [6, 6.07) is 12.5. The molecule has 0 atom stereocenters. The van der Waals surface area contributed by atoms with Gasteiger partial charge >= 0.3 is 0 Å². The smallest absolute Gasteiger partial charge is 0.287 e. The monoisotopic (exact) mass is 534 g/mol. The van der Waals surface area contributed by atoms with Gasteiger partial charge in [0.15, 0.2) is 11.2 Å². The average molecular weight is 535 g/mol. The second-order valence-electron chi connectivity index (χ2n) is 10.5. The Morgan fingerprint density at radius 2 is 1.64 bits per heavy atom. The highest BCUT2D eigenvalue weighted by Crippen LogP contribution is 2.17. The molecule has 2 amide bonds. The normalized spacial score (nSPS) is 17.3. The summed E-state index contributed by atoms with van der Waals surface area (Å²) in [5.74, 6) is -1.16. The number of hydrogen-bond acceptors (Lipinski definition) is 6. The first kappa shape index (κ1) is 27.0. The molecule has 3 heterocycles. The zero-order valence-corrected chi connectivity index (χ0v) is 22.1. The topological polar surface area (TPSA) is 94.9 Å². The van der Waals surface area contributed by atoms with Crippen LogP contribution in [0.25, 0.3) is 11.0 Å². The van der Waals surface area contributed by atoms with Crippen LogP contribution < -0.4 is 16.1 Å². The minimum Gasteiger partial charge on any atom is -0.451 e. The highest BCUT2D eigenvalue weighted by Gasteiger charge is 2.23. The first-order valence-electron chi connectivity index (χ1n) is 13.8. The van der Waals surface area contributed by atoms with Crippen LogP contribution in [0.1, 0.15) is 58.6 Å². The lowest BCUT2D eigenvalue weighted by atomic mass is 10.0. The molecule has 0 unspecified atom stereocenters. The van der Waals surface area contributed by atoms with Gasteiger partial charge in [0, 0.05) is 56.5 Å². The zero-order chi connectivity index (χ0) is 27.2. The summed E-state index contributed by atoms with van der Waals surface area (Å²) < 4.78 is 19.0. The van der Waals surface area contributed by atoms with Crippen molar-refractivity contribution in [2.24, 2.45) is 0 Å². The van der Waals surface area contributed by atoms with E-state index in [0.717, 1.165) is 69.8 Å². The number of piperidine rings is 2. The summed E-state index contributed by atoms with van der Waals surface area (Å²) in [5, 5.41) is 6.21. The SMILES string of the molecule is O=C(NCCN1CCCCC1)c1ccc(CN2CCC(NC(=O)c3cc(=O)c4ccc(F)cc4o3)CC2)cc1. The number of carbonyl (C=O) groups is 2. The Labute approximate surface area is 227 Å². The highest BCUT2D eigenvalue weighted by atomic mass is 19.1. The Morgan fingerprint density at radius 1 is 0.897 bits per heavy atom. The predicted molar refractivity (Wildman–Crippen MR) is 147 cm³/mol. The average Bonchev–Trinajstić information content (AvgIpc) is 2.94. The molecule has 0 spiro atoms. The van der Waals surface area contributed by atoms with Crippen molar-refractivity contribution < 1.29 is 18.4 Å². The van der Waals surface area contributed by atoms with E-state index in [9.17, 15) is 18.8 Å². The van der Waals surface area contributed by atoms with Crippen LogP contribution in [0.15, 0.2) is 57.7 Å². The van der Waals surface area contributed by atoms with Gasteiger partial charge in [-0.25, -0.2) is 4.39 Å². The van der Waals surface area contributed by atoms with Crippen molar-refractivity contribution in [3.63, 3.8) is 0 Å². The molecule has 2 aliphatic heterocycles. The Balaban J connectivity index is 1.06. The summed E-state index contributed by atoms with van der Waals surface area (Å²) in [4.78, 5) is 42.2. The van der Waals surface area contributed by atoms with E-state index >= 15 is 0 Å². The number of nitrogens with one attached hydrogen (secondary N) is 2. The summed E-state index contributed by atoms with van der Waals surface area (Å²) >= 11 is 0. The highest BCUT2D eigenvalue weighted by molar-refractivity contribution is 5.94. The molecule has 9 heteroatoms. The van der Waals surface area contributed by atoms with E-state index < -0.39 is 11.7 Å². The number of nitrogens with zero attached hydrogens (tertiary/aromatic N) is 2. The molecular formula is C30H35FN4O4. The summed E-state index contributed by atoms with van der Waals surface area (Å²) in [6.07, 6.45) is 5.32. The van der Waals surface area contributed by atoms with Gasteiger partial charge in [-0.2, -0.15) is 0 Å². The van der Waals surface area contributed by atoms with Gasteiger partial charge in [-0.05, 0) is 68.6 Å². The second kappa shape index (κ2) is 12.5. The van der Waals surface area contributed by atoms with E-state index in [2.05, 4.69) is 20.4 Å². The Kier molecular flexibility index (Phi) is 8.68. The molecule has 39 heavy (non-hydrogen) atoms. The van der Waals surface area contributed by atoms with Crippen molar-refractivity contribution in [2.75, 3.05) is 39.3 Å². The number of carbonyl (C=O) groups excluding carboxylic acids is 2. The van der Waals surface area contributed by atoms with Gasteiger partial charge in [0.1, 0.15) is 11.4 Å². The number of fused-ring (bicyclic) bond motifs is 1. The van der Waals surface area contributed by atoms with Gasteiger partial charge < -0.3 is 20.0 Å². The Hall–Kier alpha value is -3.56. The van der Waals surface area contributed by atoms with Crippen molar-refractivity contribution in [1.82, 2.24) is 20.4 Å². The van der Waals surface area contributed by atoms with Gasteiger partial charge in [0.25, 0.3) is 11.8 Å². The molecular weight excluding hydrogens is 499 g/mol. The maximum Gasteiger partial charge on any atom is 0.287 e. The van der Waals surface area contributed by atoms with E-state index in [1.54, 1.807) is 0 Å². The van der Waals surface area contributed by atoms with Crippen LogP contribution in [0.2, 0.25) is 0 Å². The number of rotatable bonds is 8. The van der Waals surface area contributed by atoms with Gasteiger partial charge in [-0.1, -0.05) is 18.6 Å². The van der Waals surface area contributed by atoms with Gasteiger partial charge in [-0.15, -0.1) is 0 Å². The Morgan fingerprint density at radius 3 is 2.38 bits per heavy atom. The first-order chi connectivity index (χ1) is 18.9. The maximum atomic E-state index is 13.5. The van der Waals surface area contributed by atoms with Gasteiger partial charge in [-0.3, -0.25) is 19.3 Å². The summed E-state index contributed by atoms with van der Waals surface area (Å²) in [5.41, 5.74) is 1.48. The van der Waals surface area contributed by atoms with E-state index in [1.807, 2.05) is 24.3 Å². The van der Waals surface area contributed by atoms with Crippen LogP contribution in [0.4, 0.5) is 4.39 Å². The zero-order valence-electron chi connectivity index (χ0n) is 22.1. The molecule has 8 nitrogen and oxygen atoms in total. The fourth-order valence-electron chi connectivity index (χ4n) is 5.37. The van der Waals surface area contributed by atoms with Crippen LogP contribution in [0, 0.1) is 5.82 Å². The van der Waals surface area contributed by atoms with Gasteiger partial charge in [0.05, 0.1) is 5.39 Å². The molecule has 2 aromatic carbocycles. The van der Waals surface area contributed by atoms with Crippen molar-refractivity contribution in [3.8, 4) is 0 Å². The van der Waals surface area contributed by atoms with Gasteiger partial charge in [0.2, 0.25) is 0 Å². The Bertz CT molecular complexity index is 1360. The van der Waals surface area contributed by atoms with E-state index in [0.29, 0.717) is 12.1 Å². The summed E-state index contributed by atoms with van der Waals surface area (Å²) in [7, 11) is 0. The van der Waals surface area contributed by atoms with Crippen LogP contribution in [0.3, 0.4) is 0 Å². The van der Waals surface area contributed by atoms with E-state index in [-0.39, 0.29) is 34.1 Å². The largest absolute Gasteiger partial charge is 0.451 e. The van der Waals surface area contributed by atoms with Crippen molar-refractivity contribution in [1.29, 1.82) is 0 Å². The second-order valence-corrected chi connectivity index (χ2v) is 10.5. The molecule has 2 N–H and O–H groups in total. The molecule has 2 aliphatic rings. The minimum absolute atomic E-state index is 0.0394. The number of hydrogen-bond donors (Lipinski definition) is 2. The number of likely N-dealkylation sites (tertiary alicyclic amines) is 2. The molecule has 206 valence electrons. The van der Waals surface area contributed by atoms with Crippen LogP contribution in [-0.2, 0) is 6.54 Å².